The summed E-state index contributed by atoms with van der Waals surface area (Å²) in [5.74, 6) is 0.581. The van der Waals surface area contributed by atoms with Crippen LogP contribution in [0.5, 0.6) is 5.75 Å². The van der Waals surface area contributed by atoms with Gasteiger partial charge in [0.1, 0.15) is 5.75 Å². The molecule has 0 radical (unpaired) electrons. The molecule has 138 valence electrons. The Morgan fingerprint density at radius 1 is 1.08 bits per heavy atom. The van der Waals surface area contributed by atoms with Crippen molar-refractivity contribution in [3.63, 3.8) is 0 Å². The molecule has 0 unspecified atom stereocenters. The molecule has 5 heteroatoms. The first kappa shape index (κ1) is 18.4. The molecule has 1 saturated heterocycles. The lowest BCUT2D eigenvalue weighted by molar-refractivity contribution is -0.127. The summed E-state index contributed by atoms with van der Waals surface area (Å²) in [6, 6.07) is 17.6. The predicted molar refractivity (Wildman–Crippen MR) is 101 cm³/mol. The molecule has 1 aliphatic heterocycles. The van der Waals surface area contributed by atoms with Crippen LogP contribution >= 0.6 is 0 Å². The number of hydrogen-bond acceptors (Lipinski definition) is 4. The van der Waals surface area contributed by atoms with Crippen molar-refractivity contribution in [3.05, 3.63) is 65.7 Å². The quantitative estimate of drug-likeness (QED) is 0.830. The number of carbonyl (C=O) groups excluding carboxylic acids is 1. The first-order valence-corrected chi connectivity index (χ1v) is 9.08. The van der Waals surface area contributed by atoms with Gasteiger partial charge in [0, 0.05) is 26.2 Å². The van der Waals surface area contributed by atoms with Gasteiger partial charge in [-0.15, -0.1) is 0 Å². The van der Waals surface area contributed by atoms with Crippen molar-refractivity contribution in [1.82, 2.24) is 10.2 Å². The summed E-state index contributed by atoms with van der Waals surface area (Å²) in [5.41, 5.74) is 2.38. The molecular formula is C21H26N2O3. The standard InChI is InChI=1S/C21H26N2O3/c1-17(26-20-9-3-2-4-10-20)21(24)22-15-18-7-5-6-8-19(18)16-23-11-13-25-14-12-23/h2-10,17H,11-16H2,1H3,(H,22,24)/t17-/m1/s1. The van der Waals surface area contributed by atoms with E-state index in [0.29, 0.717) is 12.3 Å². The molecule has 0 aromatic heterocycles. The number of nitrogens with zero attached hydrogens (tertiary/aromatic N) is 1. The summed E-state index contributed by atoms with van der Waals surface area (Å²) in [6.45, 7) is 6.61. The number of amides is 1. The van der Waals surface area contributed by atoms with Gasteiger partial charge < -0.3 is 14.8 Å². The number of para-hydroxylation sites is 1. The summed E-state index contributed by atoms with van der Waals surface area (Å²) in [5, 5.41) is 2.99. The molecule has 0 saturated carbocycles. The SMILES string of the molecule is C[C@@H](Oc1ccccc1)C(=O)NCc1ccccc1CN1CCOCC1. The van der Waals surface area contributed by atoms with Gasteiger partial charge in [-0.2, -0.15) is 0 Å². The van der Waals surface area contributed by atoms with Crippen molar-refractivity contribution in [2.45, 2.75) is 26.1 Å². The van der Waals surface area contributed by atoms with Gasteiger partial charge in [0.05, 0.1) is 13.2 Å². The smallest absolute Gasteiger partial charge is 0.261 e. The lowest BCUT2D eigenvalue weighted by atomic mass is 10.1. The molecule has 0 aliphatic carbocycles. The molecule has 1 aliphatic rings. The summed E-state index contributed by atoms with van der Waals surface area (Å²) in [6.07, 6.45) is -0.538. The molecule has 1 heterocycles. The third-order valence-corrected chi connectivity index (χ3v) is 4.49. The summed E-state index contributed by atoms with van der Waals surface area (Å²) < 4.78 is 11.1. The second-order valence-corrected chi connectivity index (χ2v) is 6.45. The minimum atomic E-state index is -0.538. The Morgan fingerprint density at radius 3 is 2.46 bits per heavy atom. The highest BCUT2D eigenvalue weighted by Crippen LogP contribution is 2.14. The Labute approximate surface area is 154 Å². The predicted octanol–water partition coefficient (Wildman–Crippen LogP) is 2.60. The fourth-order valence-electron chi connectivity index (χ4n) is 2.97. The van der Waals surface area contributed by atoms with Crippen molar-refractivity contribution in [2.75, 3.05) is 26.3 Å². The van der Waals surface area contributed by atoms with Crippen molar-refractivity contribution >= 4 is 5.91 Å². The molecular weight excluding hydrogens is 328 g/mol. The molecule has 0 bridgehead atoms. The zero-order valence-corrected chi connectivity index (χ0v) is 15.2. The van der Waals surface area contributed by atoms with Crippen LogP contribution in [0.1, 0.15) is 18.1 Å². The van der Waals surface area contributed by atoms with Gasteiger partial charge in [0.2, 0.25) is 0 Å². The molecule has 1 atom stereocenters. The average molecular weight is 354 g/mol. The highest BCUT2D eigenvalue weighted by Gasteiger charge is 2.16. The number of rotatable bonds is 7. The third kappa shape index (κ3) is 5.31. The zero-order valence-electron chi connectivity index (χ0n) is 15.2. The zero-order chi connectivity index (χ0) is 18.2. The molecule has 1 N–H and O–H groups in total. The molecule has 2 aromatic carbocycles. The molecule has 0 spiro atoms. The molecule has 2 aromatic rings. The lowest BCUT2D eigenvalue weighted by Crippen LogP contribution is -2.37. The summed E-state index contributed by atoms with van der Waals surface area (Å²) in [7, 11) is 0. The Kier molecular flexibility index (Phi) is 6.63. The Morgan fingerprint density at radius 2 is 1.73 bits per heavy atom. The van der Waals surface area contributed by atoms with E-state index < -0.39 is 6.10 Å². The van der Waals surface area contributed by atoms with Crippen LogP contribution in [0.3, 0.4) is 0 Å². The number of carbonyl (C=O) groups is 1. The van der Waals surface area contributed by atoms with Crippen LogP contribution in [0.15, 0.2) is 54.6 Å². The number of morpholine rings is 1. The van der Waals surface area contributed by atoms with Crippen LogP contribution in [0.4, 0.5) is 0 Å². The Bertz CT molecular complexity index is 699. The third-order valence-electron chi connectivity index (χ3n) is 4.49. The minimum Gasteiger partial charge on any atom is -0.481 e. The molecule has 1 amide bonds. The van der Waals surface area contributed by atoms with Gasteiger partial charge in [-0.25, -0.2) is 0 Å². The normalized spacial score (nSPS) is 16.0. The van der Waals surface area contributed by atoms with E-state index in [-0.39, 0.29) is 5.91 Å². The second-order valence-electron chi connectivity index (χ2n) is 6.45. The second kappa shape index (κ2) is 9.36. The van der Waals surface area contributed by atoms with Crippen LogP contribution in [-0.4, -0.2) is 43.2 Å². The number of nitrogens with one attached hydrogen (secondary N) is 1. The van der Waals surface area contributed by atoms with E-state index in [9.17, 15) is 4.79 Å². The maximum atomic E-state index is 12.4. The van der Waals surface area contributed by atoms with Crippen LogP contribution in [0, 0.1) is 0 Å². The number of hydrogen-bond donors (Lipinski definition) is 1. The van der Waals surface area contributed by atoms with E-state index in [1.807, 2.05) is 42.5 Å². The van der Waals surface area contributed by atoms with E-state index in [4.69, 9.17) is 9.47 Å². The molecule has 1 fully saturated rings. The van der Waals surface area contributed by atoms with E-state index in [1.54, 1.807) is 6.92 Å². The van der Waals surface area contributed by atoms with E-state index in [2.05, 4.69) is 22.3 Å². The first-order chi connectivity index (χ1) is 12.7. The fourth-order valence-corrected chi connectivity index (χ4v) is 2.97. The fraction of sp³-hybridized carbons (Fsp3) is 0.381. The van der Waals surface area contributed by atoms with Crippen molar-refractivity contribution < 1.29 is 14.3 Å². The van der Waals surface area contributed by atoms with Gasteiger partial charge in [-0.3, -0.25) is 9.69 Å². The highest BCUT2D eigenvalue weighted by atomic mass is 16.5. The minimum absolute atomic E-state index is 0.116. The van der Waals surface area contributed by atoms with Gasteiger partial charge in [-0.05, 0) is 30.2 Å². The lowest BCUT2D eigenvalue weighted by Gasteiger charge is -2.27. The van der Waals surface area contributed by atoms with Crippen LogP contribution in [0.2, 0.25) is 0 Å². The molecule has 26 heavy (non-hydrogen) atoms. The highest BCUT2D eigenvalue weighted by molar-refractivity contribution is 5.80. The summed E-state index contributed by atoms with van der Waals surface area (Å²) >= 11 is 0. The van der Waals surface area contributed by atoms with Crippen LogP contribution < -0.4 is 10.1 Å². The Hall–Kier alpha value is -2.37. The first-order valence-electron chi connectivity index (χ1n) is 9.08. The van der Waals surface area contributed by atoms with E-state index in [0.717, 1.165) is 38.4 Å². The Balaban J connectivity index is 1.54. The van der Waals surface area contributed by atoms with E-state index in [1.165, 1.54) is 5.56 Å². The van der Waals surface area contributed by atoms with Crippen molar-refractivity contribution in [1.29, 1.82) is 0 Å². The van der Waals surface area contributed by atoms with Crippen molar-refractivity contribution in [3.8, 4) is 5.75 Å². The molecule has 3 rings (SSSR count). The largest absolute Gasteiger partial charge is 0.481 e. The van der Waals surface area contributed by atoms with Gasteiger partial charge in [-0.1, -0.05) is 42.5 Å². The maximum Gasteiger partial charge on any atom is 0.261 e. The van der Waals surface area contributed by atoms with Gasteiger partial charge in [0.15, 0.2) is 6.10 Å². The average Bonchev–Trinajstić information content (AvgIpc) is 2.68. The topological polar surface area (TPSA) is 50.8 Å². The number of benzene rings is 2. The van der Waals surface area contributed by atoms with Crippen molar-refractivity contribution in [2.24, 2.45) is 0 Å². The van der Waals surface area contributed by atoms with E-state index >= 15 is 0 Å². The van der Waals surface area contributed by atoms with Gasteiger partial charge in [0.25, 0.3) is 5.91 Å². The van der Waals surface area contributed by atoms with Crippen LogP contribution in [-0.2, 0) is 22.6 Å². The maximum absolute atomic E-state index is 12.4. The van der Waals surface area contributed by atoms with Crippen LogP contribution in [0.25, 0.3) is 0 Å². The summed E-state index contributed by atoms with van der Waals surface area (Å²) in [4.78, 5) is 14.7. The molecule has 5 nitrogen and oxygen atoms in total. The van der Waals surface area contributed by atoms with Gasteiger partial charge >= 0.3 is 0 Å². The number of ether oxygens (including phenoxy) is 2. The monoisotopic (exact) mass is 354 g/mol.